The first kappa shape index (κ1) is 11.2. The molecule has 4 nitrogen and oxygen atoms in total. The Hall–Kier alpha value is -1.33. The monoisotopic (exact) mass is 238 g/mol. The summed E-state index contributed by atoms with van der Waals surface area (Å²) in [5.74, 6) is 0. The Bertz CT molecular complexity index is 547. The summed E-state index contributed by atoms with van der Waals surface area (Å²) in [5.41, 5.74) is 2.82. The molecule has 0 saturated carbocycles. The molecule has 0 radical (unpaired) electrons. The van der Waals surface area contributed by atoms with Crippen LogP contribution in [-0.4, -0.2) is 26.8 Å². The van der Waals surface area contributed by atoms with Gasteiger partial charge in [0.25, 0.3) is 0 Å². The summed E-state index contributed by atoms with van der Waals surface area (Å²) in [5, 5.41) is 3.10. The number of sulfonamides is 1. The Labute approximate surface area is 95.6 Å². The lowest BCUT2D eigenvalue weighted by atomic mass is 10.1. The van der Waals surface area contributed by atoms with Crippen molar-refractivity contribution >= 4 is 15.7 Å². The Morgan fingerprint density at radius 3 is 2.69 bits per heavy atom. The molecule has 16 heavy (non-hydrogen) atoms. The molecule has 1 heterocycles. The minimum atomic E-state index is -3.34. The molecule has 0 saturated heterocycles. The lowest BCUT2D eigenvalue weighted by Gasteiger charge is -2.12. The third-order valence-corrected chi connectivity index (χ3v) is 4.38. The van der Waals surface area contributed by atoms with Crippen LogP contribution in [0.15, 0.2) is 35.4 Å². The van der Waals surface area contributed by atoms with Gasteiger partial charge in [0.1, 0.15) is 0 Å². The van der Waals surface area contributed by atoms with E-state index in [0.717, 1.165) is 16.9 Å². The van der Waals surface area contributed by atoms with Crippen molar-refractivity contribution in [3.63, 3.8) is 0 Å². The second kappa shape index (κ2) is 3.61. The Kier molecular flexibility index (Phi) is 2.52. The van der Waals surface area contributed by atoms with Gasteiger partial charge in [0, 0.05) is 31.9 Å². The van der Waals surface area contributed by atoms with Crippen LogP contribution in [0.5, 0.6) is 0 Å². The van der Waals surface area contributed by atoms with Crippen molar-refractivity contribution in [2.24, 2.45) is 0 Å². The van der Waals surface area contributed by atoms with Gasteiger partial charge in [-0.3, -0.25) is 0 Å². The lowest BCUT2D eigenvalue weighted by molar-refractivity contribution is 0.520. The van der Waals surface area contributed by atoms with Gasteiger partial charge in [0.05, 0.1) is 4.90 Å². The number of benzene rings is 1. The number of allylic oxidation sites excluding steroid dienone is 1. The predicted octanol–water partition coefficient (Wildman–Crippen LogP) is 1.42. The molecular weight excluding hydrogens is 224 g/mol. The van der Waals surface area contributed by atoms with Gasteiger partial charge in [0.2, 0.25) is 10.0 Å². The molecule has 1 aliphatic heterocycles. The van der Waals surface area contributed by atoms with E-state index in [-0.39, 0.29) is 0 Å². The molecule has 1 N–H and O–H groups in total. The van der Waals surface area contributed by atoms with Crippen LogP contribution in [0.4, 0.5) is 5.69 Å². The summed E-state index contributed by atoms with van der Waals surface area (Å²) < 4.78 is 25.0. The van der Waals surface area contributed by atoms with Gasteiger partial charge in [-0.15, -0.1) is 0 Å². The maximum Gasteiger partial charge on any atom is 0.242 e. The van der Waals surface area contributed by atoms with Gasteiger partial charge in [-0.1, -0.05) is 6.58 Å². The molecular formula is C11H14N2O2S. The molecule has 1 aromatic rings. The van der Waals surface area contributed by atoms with E-state index in [9.17, 15) is 8.42 Å². The maximum atomic E-state index is 11.9. The second-order valence-corrected chi connectivity index (χ2v) is 6.16. The highest BCUT2D eigenvalue weighted by molar-refractivity contribution is 7.89. The highest BCUT2D eigenvalue weighted by Gasteiger charge is 2.21. The fourth-order valence-electron chi connectivity index (χ4n) is 1.67. The molecule has 0 bridgehead atoms. The van der Waals surface area contributed by atoms with Crippen LogP contribution in [0, 0.1) is 0 Å². The molecule has 0 unspecified atom stereocenters. The third-order valence-electron chi connectivity index (χ3n) is 2.57. The van der Waals surface area contributed by atoms with Crippen LogP contribution >= 0.6 is 0 Å². The number of rotatable bonds is 2. The van der Waals surface area contributed by atoms with E-state index in [2.05, 4.69) is 11.9 Å². The largest absolute Gasteiger partial charge is 0.359 e. The molecule has 0 aromatic heterocycles. The van der Waals surface area contributed by atoms with Gasteiger partial charge in [-0.25, -0.2) is 12.7 Å². The Balaban J connectivity index is 2.48. The number of fused-ring (bicyclic) bond motifs is 1. The smallest absolute Gasteiger partial charge is 0.242 e. The summed E-state index contributed by atoms with van der Waals surface area (Å²) in [6.45, 7) is 3.82. The molecule has 0 fully saturated rings. The summed E-state index contributed by atoms with van der Waals surface area (Å²) in [6, 6.07) is 5.10. The van der Waals surface area contributed by atoms with Crippen molar-refractivity contribution in [3.05, 3.63) is 36.0 Å². The van der Waals surface area contributed by atoms with Crippen molar-refractivity contribution in [1.29, 1.82) is 0 Å². The Morgan fingerprint density at radius 1 is 1.38 bits per heavy atom. The van der Waals surface area contributed by atoms with E-state index in [1.54, 1.807) is 18.2 Å². The van der Waals surface area contributed by atoms with Crippen LogP contribution in [-0.2, 0) is 16.4 Å². The van der Waals surface area contributed by atoms with E-state index >= 15 is 0 Å². The number of anilines is 1. The number of nitrogens with one attached hydrogen (secondary N) is 1. The zero-order chi connectivity index (χ0) is 11.9. The van der Waals surface area contributed by atoms with Crippen LogP contribution in [0.3, 0.4) is 0 Å². The van der Waals surface area contributed by atoms with Crippen molar-refractivity contribution in [1.82, 2.24) is 4.31 Å². The van der Waals surface area contributed by atoms with Crippen molar-refractivity contribution in [2.75, 3.05) is 19.4 Å². The molecule has 0 spiro atoms. The highest BCUT2D eigenvalue weighted by atomic mass is 32.2. The van der Waals surface area contributed by atoms with Crippen LogP contribution in [0.1, 0.15) is 5.56 Å². The first-order valence-electron chi connectivity index (χ1n) is 4.91. The third kappa shape index (κ3) is 1.72. The summed E-state index contributed by atoms with van der Waals surface area (Å²) in [4.78, 5) is 0.327. The predicted molar refractivity (Wildman–Crippen MR) is 63.8 cm³/mol. The fourth-order valence-corrected chi connectivity index (χ4v) is 2.63. The first-order valence-corrected chi connectivity index (χ1v) is 6.35. The molecule has 0 atom stereocenters. The molecule has 86 valence electrons. The standard InChI is InChI=1S/C11H14N2O2S/c1-8-6-9-7-10(4-5-11(9)12-8)16(14,15)13(2)3/h4-5,7,12H,1,6H2,2-3H3. The molecule has 0 amide bonds. The molecule has 5 heteroatoms. The van der Waals surface area contributed by atoms with E-state index < -0.39 is 10.0 Å². The average Bonchev–Trinajstić information content (AvgIpc) is 2.56. The average molecular weight is 238 g/mol. The quantitative estimate of drug-likeness (QED) is 0.847. The first-order chi connectivity index (χ1) is 7.41. The van der Waals surface area contributed by atoms with E-state index in [1.165, 1.54) is 18.4 Å². The number of hydrogen-bond acceptors (Lipinski definition) is 3. The zero-order valence-electron chi connectivity index (χ0n) is 9.32. The summed E-state index contributed by atoms with van der Waals surface area (Å²) in [7, 11) is -0.285. The van der Waals surface area contributed by atoms with Crippen molar-refractivity contribution in [2.45, 2.75) is 11.3 Å². The van der Waals surface area contributed by atoms with E-state index in [4.69, 9.17) is 0 Å². The SMILES string of the molecule is C=C1Cc2cc(S(=O)(=O)N(C)C)ccc2N1. The molecule has 2 rings (SSSR count). The van der Waals surface area contributed by atoms with Crippen molar-refractivity contribution < 1.29 is 8.42 Å². The number of nitrogens with zero attached hydrogens (tertiary/aromatic N) is 1. The maximum absolute atomic E-state index is 11.9. The molecule has 0 aliphatic carbocycles. The summed E-state index contributed by atoms with van der Waals surface area (Å²) in [6.07, 6.45) is 0.687. The van der Waals surface area contributed by atoms with Gasteiger partial charge in [-0.05, 0) is 23.8 Å². The lowest BCUT2D eigenvalue weighted by Crippen LogP contribution is -2.22. The number of hydrogen-bond donors (Lipinski definition) is 1. The van der Waals surface area contributed by atoms with Gasteiger partial charge in [0.15, 0.2) is 0 Å². The van der Waals surface area contributed by atoms with Gasteiger partial charge >= 0.3 is 0 Å². The molecule has 1 aliphatic rings. The van der Waals surface area contributed by atoms with Gasteiger partial charge in [-0.2, -0.15) is 0 Å². The highest BCUT2D eigenvalue weighted by Crippen LogP contribution is 2.29. The van der Waals surface area contributed by atoms with E-state index in [1.807, 2.05) is 0 Å². The minimum Gasteiger partial charge on any atom is -0.359 e. The zero-order valence-corrected chi connectivity index (χ0v) is 10.1. The second-order valence-electron chi connectivity index (χ2n) is 4.01. The summed E-state index contributed by atoms with van der Waals surface area (Å²) >= 11 is 0. The topological polar surface area (TPSA) is 49.4 Å². The van der Waals surface area contributed by atoms with E-state index in [0.29, 0.717) is 11.3 Å². The van der Waals surface area contributed by atoms with Gasteiger partial charge < -0.3 is 5.32 Å². The minimum absolute atomic E-state index is 0.327. The fraction of sp³-hybridized carbons (Fsp3) is 0.273. The Morgan fingerprint density at radius 2 is 2.06 bits per heavy atom. The van der Waals surface area contributed by atoms with Crippen molar-refractivity contribution in [3.8, 4) is 0 Å². The molecule has 1 aromatic carbocycles. The van der Waals surface area contributed by atoms with Crippen LogP contribution in [0.2, 0.25) is 0 Å². The normalized spacial score (nSPS) is 15.1. The van der Waals surface area contributed by atoms with Crippen LogP contribution < -0.4 is 5.32 Å². The van der Waals surface area contributed by atoms with Crippen LogP contribution in [0.25, 0.3) is 0 Å².